The van der Waals surface area contributed by atoms with Crippen LogP contribution >= 0.6 is 11.6 Å². The Kier molecular flexibility index (Phi) is 7.50. The minimum atomic E-state index is -4.00. The Bertz CT molecular complexity index is 1200. The van der Waals surface area contributed by atoms with Gasteiger partial charge in [-0.1, -0.05) is 48.0 Å². The van der Waals surface area contributed by atoms with Crippen LogP contribution in [-0.2, 0) is 19.6 Å². The average Bonchev–Trinajstić information content (AvgIpc) is 2.80. The summed E-state index contributed by atoms with van der Waals surface area (Å²) >= 11 is 6.20. The van der Waals surface area contributed by atoms with E-state index in [4.69, 9.17) is 16.3 Å². The zero-order chi connectivity index (χ0) is 23.1. The summed E-state index contributed by atoms with van der Waals surface area (Å²) in [5.41, 5.74) is 0.831. The molecule has 0 atom stereocenters. The summed E-state index contributed by atoms with van der Waals surface area (Å²) in [6, 6.07) is 20.5. The first-order valence-electron chi connectivity index (χ1n) is 9.72. The lowest BCUT2D eigenvalue weighted by atomic mass is 10.2. The molecule has 0 aromatic heterocycles. The van der Waals surface area contributed by atoms with E-state index in [1.165, 1.54) is 30.3 Å². The fourth-order valence-corrected chi connectivity index (χ4v) is 4.58. The zero-order valence-corrected chi connectivity index (χ0v) is 18.8. The molecule has 3 aromatic rings. The highest BCUT2D eigenvalue weighted by molar-refractivity contribution is 7.92. The molecule has 0 spiro atoms. The SMILES string of the molecule is CCOC(=O)c1ccc(NC(=O)CN(c2ccccc2)S(=O)(=O)c2ccccc2)c(Cl)c1. The predicted octanol–water partition coefficient (Wildman–Crippen LogP) is 4.35. The average molecular weight is 473 g/mol. The quantitative estimate of drug-likeness (QED) is 0.492. The first kappa shape index (κ1) is 23.3. The summed E-state index contributed by atoms with van der Waals surface area (Å²) in [7, 11) is -4.00. The lowest BCUT2D eigenvalue weighted by Gasteiger charge is -2.24. The van der Waals surface area contributed by atoms with Crippen molar-refractivity contribution in [2.24, 2.45) is 0 Å². The number of anilines is 2. The van der Waals surface area contributed by atoms with Gasteiger partial charge in [-0.25, -0.2) is 13.2 Å². The molecule has 3 rings (SSSR count). The Hall–Kier alpha value is -3.36. The number of benzene rings is 3. The second kappa shape index (κ2) is 10.3. The smallest absolute Gasteiger partial charge is 0.338 e. The molecular formula is C23H21ClN2O5S. The number of halogens is 1. The lowest BCUT2D eigenvalue weighted by molar-refractivity contribution is -0.114. The van der Waals surface area contributed by atoms with Gasteiger partial charge in [0, 0.05) is 0 Å². The number of nitrogens with zero attached hydrogens (tertiary/aromatic N) is 1. The van der Waals surface area contributed by atoms with Crippen molar-refractivity contribution in [1.82, 2.24) is 0 Å². The summed E-state index contributed by atoms with van der Waals surface area (Å²) in [5.74, 6) is -1.13. The van der Waals surface area contributed by atoms with Crippen LogP contribution in [0.25, 0.3) is 0 Å². The molecule has 0 saturated heterocycles. The number of para-hydroxylation sites is 1. The molecule has 9 heteroatoms. The van der Waals surface area contributed by atoms with Gasteiger partial charge in [0.1, 0.15) is 6.54 Å². The summed E-state index contributed by atoms with van der Waals surface area (Å²) in [4.78, 5) is 24.7. The molecule has 0 fully saturated rings. The molecule has 0 heterocycles. The number of esters is 1. The van der Waals surface area contributed by atoms with Crippen LogP contribution < -0.4 is 9.62 Å². The number of hydrogen-bond donors (Lipinski definition) is 1. The van der Waals surface area contributed by atoms with Crippen LogP contribution in [0.2, 0.25) is 5.02 Å². The van der Waals surface area contributed by atoms with E-state index >= 15 is 0 Å². The van der Waals surface area contributed by atoms with Gasteiger partial charge in [-0.15, -0.1) is 0 Å². The van der Waals surface area contributed by atoms with Gasteiger partial charge in [0.25, 0.3) is 10.0 Å². The van der Waals surface area contributed by atoms with Crippen molar-refractivity contribution in [3.63, 3.8) is 0 Å². The summed E-state index contributed by atoms with van der Waals surface area (Å²) in [5, 5.41) is 2.73. The molecule has 7 nitrogen and oxygen atoms in total. The molecular weight excluding hydrogens is 452 g/mol. The van der Waals surface area contributed by atoms with Gasteiger partial charge < -0.3 is 10.1 Å². The van der Waals surface area contributed by atoms with Crippen LogP contribution in [0.5, 0.6) is 0 Å². The van der Waals surface area contributed by atoms with E-state index in [0.717, 1.165) is 4.31 Å². The Balaban J connectivity index is 1.85. The van der Waals surface area contributed by atoms with E-state index < -0.39 is 28.4 Å². The standard InChI is InChI=1S/C23H21ClN2O5S/c1-2-31-23(28)17-13-14-21(20(24)15-17)25-22(27)16-26(18-9-5-3-6-10-18)32(29,30)19-11-7-4-8-12-19/h3-15H,2,16H2,1H3,(H,25,27). The summed E-state index contributed by atoms with van der Waals surface area (Å²) in [6.07, 6.45) is 0. The first-order chi connectivity index (χ1) is 15.3. The summed E-state index contributed by atoms with van der Waals surface area (Å²) < 4.78 is 32.4. The van der Waals surface area contributed by atoms with Gasteiger partial charge in [0.05, 0.1) is 33.5 Å². The Morgan fingerprint density at radius 1 is 0.969 bits per heavy atom. The van der Waals surface area contributed by atoms with Crippen molar-refractivity contribution in [2.75, 3.05) is 22.8 Å². The maximum absolute atomic E-state index is 13.2. The summed E-state index contributed by atoms with van der Waals surface area (Å²) in [6.45, 7) is 1.44. The van der Waals surface area contributed by atoms with E-state index in [-0.39, 0.29) is 27.8 Å². The van der Waals surface area contributed by atoms with Crippen molar-refractivity contribution in [3.8, 4) is 0 Å². The number of carbonyl (C=O) groups excluding carboxylic acids is 2. The van der Waals surface area contributed by atoms with Gasteiger partial charge in [-0.05, 0) is 49.4 Å². The Morgan fingerprint density at radius 3 is 2.19 bits per heavy atom. The number of carbonyl (C=O) groups is 2. The lowest BCUT2D eigenvalue weighted by Crippen LogP contribution is -2.38. The van der Waals surface area contributed by atoms with Crippen molar-refractivity contribution >= 4 is 44.9 Å². The van der Waals surface area contributed by atoms with Crippen LogP contribution in [-0.4, -0.2) is 33.4 Å². The van der Waals surface area contributed by atoms with E-state index in [9.17, 15) is 18.0 Å². The zero-order valence-electron chi connectivity index (χ0n) is 17.2. The van der Waals surface area contributed by atoms with E-state index in [1.54, 1.807) is 55.5 Å². The van der Waals surface area contributed by atoms with E-state index in [0.29, 0.717) is 5.69 Å². The molecule has 0 saturated carbocycles. The van der Waals surface area contributed by atoms with E-state index in [1.807, 2.05) is 0 Å². The van der Waals surface area contributed by atoms with Crippen molar-refractivity contribution in [2.45, 2.75) is 11.8 Å². The molecule has 1 amide bonds. The third-order valence-electron chi connectivity index (χ3n) is 4.42. The number of nitrogens with one attached hydrogen (secondary N) is 1. The van der Waals surface area contributed by atoms with E-state index in [2.05, 4.69) is 5.32 Å². The third kappa shape index (κ3) is 5.46. The molecule has 0 aliphatic rings. The van der Waals surface area contributed by atoms with Crippen LogP contribution in [0.3, 0.4) is 0 Å². The fraction of sp³-hybridized carbons (Fsp3) is 0.130. The molecule has 166 valence electrons. The molecule has 3 aromatic carbocycles. The second-order valence-electron chi connectivity index (χ2n) is 6.62. The molecule has 0 unspecified atom stereocenters. The maximum atomic E-state index is 13.2. The van der Waals surface area contributed by atoms with Gasteiger partial charge in [-0.3, -0.25) is 9.10 Å². The first-order valence-corrected chi connectivity index (χ1v) is 11.5. The van der Waals surface area contributed by atoms with Crippen molar-refractivity contribution in [1.29, 1.82) is 0 Å². The van der Waals surface area contributed by atoms with Crippen LogP contribution in [0.4, 0.5) is 11.4 Å². The minimum Gasteiger partial charge on any atom is -0.462 e. The highest BCUT2D eigenvalue weighted by atomic mass is 35.5. The Labute approximate surface area is 191 Å². The number of rotatable bonds is 8. The third-order valence-corrected chi connectivity index (χ3v) is 6.52. The normalized spacial score (nSPS) is 10.9. The predicted molar refractivity (Wildman–Crippen MR) is 123 cm³/mol. The molecule has 1 N–H and O–H groups in total. The molecule has 0 radical (unpaired) electrons. The molecule has 32 heavy (non-hydrogen) atoms. The molecule has 0 bridgehead atoms. The van der Waals surface area contributed by atoms with Gasteiger partial charge in [0.2, 0.25) is 5.91 Å². The number of sulfonamides is 1. The highest BCUT2D eigenvalue weighted by Crippen LogP contribution is 2.26. The Morgan fingerprint density at radius 2 is 1.59 bits per heavy atom. The maximum Gasteiger partial charge on any atom is 0.338 e. The minimum absolute atomic E-state index is 0.0634. The van der Waals surface area contributed by atoms with Crippen LogP contribution in [0, 0.1) is 0 Å². The van der Waals surface area contributed by atoms with Crippen LogP contribution in [0.15, 0.2) is 83.8 Å². The number of ether oxygens (including phenoxy) is 1. The van der Waals surface area contributed by atoms with Crippen molar-refractivity contribution in [3.05, 3.63) is 89.4 Å². The fourth-order valence-electron chi connectivity index (χ4n) is 2.91. The number of amides is 1. The van der Waals surface area contributed by atoms with Gasteiger partial charge in [-0.2, -0.15) is 0 Å². The topological polar surface area (TPSA) is 92.8 Å². The highest BCUT2D eigenvalue weighted by Gasteiger charge is 2.27. The van der Waals surface area contributed by atoms with Gasteiger partial charge >= 0.3 is 5.97 Å². The van der Waals surface area contributed by atoms with Crippen molar-refractivity contribution < 1.29 is 22.7 Å². The monoisotopic (exact) mass is 472 g/mol. The number of hydrogen-bond acceptors (Lipinski definition) is 5. The molecule has 0 aliphatic carbocycles. The molecule has 0 aliphatic heterocycles. The van der Waals surface area contributed by atoms with Gasteiger partial charge in [0.15, 0.2) is 0 Å². The second-order valence-corrected chi connectivity index (χ2v) is 8.89. The van der Waals surface area contributed by atoms with Crippen LogP contribution in [0.1, 0.15) is 17.3 Å². The largest absolute Gasteiger partial charge is 0.462 e.